The second kappa shape index (κ2) is 8.98. The molecule has 0 radical (unpaired) electrons. The number of hydrogen-bond acceptors (Lipinski definition) is 2. The number of rotatable bonds is 6. The number of nitrogens with zero attached hydrogens (tertiary/aromatic N) is 1. The van der Waals surface area contributed by atoms with Crippen molar-refractivity contribution in [2.75, 3.05) is 20.7 Å². The maximum atomic E-state index is 13.0. The maximum Gasteiger partial charge on any atom is 0.191 e. The Balaban J connectivity index is 1.87. The number of methoxy groups -OCH3 is 1. The molecular weight excluding hydrogens is 312 g/mol. The predicted octanol–water partition coefficient (Wildman–Crippen LogP) is 3.02. The van der Waals surface area contributed by atoms with Crippen molar-refractivity contribution >= 4 is 5.96 Å². The lowest BCUT2D eigenvalue weighted by Gasteiger charge is -2.19. The SMILES string of the molecule is CN=C(NCc1ccc(F)cc1)NCC(OC)c1ccc(F)cc1. The Morgan fingerprint density at radius 1 is 1.00 bits per heavy atom. The van der Waals surface area contributed by atoms with Gasteiger partial charge in [0.1, 0.15) is 11.6 Å². The van der Waals surface area contributed by atoms with Crippen molar-refractivity contribution < 1.29 is 13.5 Å². The van der Waals surface area contributed by atoms with Gasteiger partial charge in [-0.3, -0.25) is 4.99 Å². The lowest BCUT2D eigenvalue weighted by Crippen LogP contribution is -2.39. The number of halogens is 2. The van der Waals surface area contributed by atoms with E-state index in [9.17, 15) is 8.78 Å². The summed E-state index contributed by atoms with van der Waals surface area (Å²) in [5.74, 6) is 0.0605. The molecule has 0 aromatic heterocycles. The minimum Gasteiger partial charge on any atom is -0.375 e. The number of aliphatic imine (C=N–C) groups is 1. The quantitative estimate of drug-likeness (QED) is 0.631. The Bertz CT molecular complexity index is 657. The Kier molecular flexibility index (Phi) is 6.69. The van der Waals surface area contributed by atoms with Crippen LogP contribution < -0.4 is 10.6 Å². The van der Waals surface area contributed by atoms with E-state index in [1.54, 1.807) is 38.4 Å². The smallest absolute Gasteiger partial charge is 0.191 e. The van der Waals surface area contributed by atoms with Gasteiger partial charge in [0, 0.05) is 27.2 Å². The Morgan fingerprint density at radius 3 is 2.12 bits per heavy atom. The van der Waals surface area contributed by atoms with Crippen LogP contribution in [0.4, 0.5) is 8.78 Å². The van der Waals surface area contributed by atoms with Crippen LogP contribution in [0.2, 0.25) is 0 Å². The second-order valence-electron chi connectivity index (χ2n) is 5.21. The van der Waals surface area contributed by atoms with E-state index in [4.69, 9.17) is 4.74 Å². The molecule has 0 saturated heterocycles. The van der Waals surface area contributed by atoms with Crippen molar-refractivity contribution in [3.05, 3.63) is 71.3 Å². The summed E-state index contributed by atoms with van der Waals surface area (Å²) in [6.07, 6.45) is -0.227. The van der Waals surface area contributed by atoms with Crippen molar-refractivity contribution in [2.24, 2.45) is 4.99 Å². The van der Waals surface area contributed by atoms with Gasteiger partial charge in [-0.2, -0.15) is 0 Å². The van der Waals surface area contributed by atoms with Crippen molar-refractivity contribution in [3.8, 4) is 0 Å². The van der Waals surface area contributed by atoms with E-state index in [2.05, 4.69) is 15.6 Å². The van der Waals surface area contributed by atoms with E-state index >= 15 is 0 Å². The predicted molar refractivity (Wildman–Crippen MR) is 90.8 cm³/mol. The molecule has 0 spiro atoms. The maximum absolute atomic E-state index is 13.0. The lowest BCUT2D eigenvalue weighted by molar-refractivity contribution is 0.106. The zero-order chi connectivity index (χ0) is 17.4. The Labute approximate surface area is 140 Å². The second-order valence-corrected chi connectivity index (χ2v) is 5.21. The van der Waals surface area contributed by atoms with Gasteiger partial charge in [-0.05, 0) is 35.4 Å². The van der Waals surface area contributed by atoms with E-state index in [1.807, 2.05) is 0 Å². The molecule has 0 fully saturated rings. The third-order valence-corrected chi connectivity index (χ3v) is 3.58. The molecule has 0 amide bonds. The molecule has 2 rings (SSSR count). The van der Waals surface area contributed by atoms with Crippen LogP contribution in [0.5, 0.6) is 0 Å². The lowest BCUT2D eigenvalue weighted by atomic mass is 10.1. The molecule has 0 saturated carbocycles. The first-order chi connectivity index (χ1) is 11.6. The molecule has 6 heteroatoms. The average molecular weight is 333 g/mol. The van der Waals surface area contributed by atoms with Gasteiger partial charge >= 0.3 is 0 Å². The summed E-state index contributed by atoms with van der Waals surface area (Å²) in [5.41, 5.74) is 1.82. The van der Waals surface area contributed by atoms with Crippen LogP contribution >= 0.6 is 0 Å². The summed E-state index contributed by atoms with van der Waals surface area (Å²) in [6.45, 7) is 0.999. The van der Waals surface area contributed by atoms with Crippen LogP contribution in [0.15, 0.2) is 53.5 Å². The molecule has 2 aromatic rings. The molecule has 0 heterocycles. The van der Waals surface area contributed by atoms with E-state index in [0.29, 0.717) is 19.0 Å². The van der Waals surface area contributed by atoms with Gasteiger partial charge in [-0.1, -0.05) is 24.3 Å². The molecule has 128 valence electrons. The fraction of sp³-hybridized carbons (Fsp3) is 0.278. The Hall–Kier alpha value is -2.47. The summed E-state index contributed by atoms with van der Waals surface area (Å²) >= 11 is 0. The van der Waals surface area contributed by atoms with E-state index in [0.717, 1.165) is 11.1 Å². The summed E-state index contributed by atoms with van der Waals surface area (Å²) in [6, 6.07) is 12.5. The van der Waals surface area contributed by atoms with E-state index in [1.165, 1.54) is 24.3 Å². The molecule has 0 aliphatic heterocycles. The fourth-order valence-corrected chi connectivity index (χ4v) is 2.21. The standard InChI is InChI=1S/C18H21F2N3O/c1-21-18(22-11-13-3-7-15(19)8-4-13)23-12-17(24-2)14-5-9-16(20)10-6-14/h3-10,17H,11-12H2,1-2H3,(H2,21,22,23). The zero-order valence-electron chi connectivity index (χ0n) is 13.7. The van der Waals surface area contributed by atoms with Crippen LogP contribution in [0.1, 0.15) is 17.2 Å². The first kappa shape index (κ1) is 17.9. The summed E-state index contributed by atoms with van der Waals surface area (Å²) in [4.78, 5) is 4.14. The molecule has 4 nitrogen and oxygen atoms in total. The van der Waals surface area contributed by atoms with E-state index < -0.39 is 0 Å². The van der Waals surface area contributed by atoms with Crippen molar-refractivity contribution in [3.63, 3.8) is 0 Å². The number of nitrogens with one attached hydrogen (secondary N) is 2. The van der Waals surface area contributed by atoms with Crippen molar-refractivity contribution in [1.82, 2.24) is 10.6 Å². The molecule has 1 atom stereocenters. The Morgan fingerprint density at radius 2 is 1.58 bits per heavy atom. The highest BCUT2D eigenvalue weighted by Gasteiger charge is 2.11. The molecule has 0 bridgehead atoms. The molecular formula is C18H21F2N3O. The van der Waals surface area contributed by atoms with Crippen LogP contribution in [0.25, 0.3) is 0 Å². The number of guanidine groups is 1. The third-order valence-electron chi connectivity index (χ3n) is 3.58. The monoisotopic (exact) mass is 333 g/mol. The highest BCUT2D eigenvalue weighted by Crippen LogP contribution is 2.16. The van der Waals surface area contributed by atoms with Crippen LogP contribution in [-0.4, -0.2) is 26.7 Å². The van der Waals surface area contributed by atoms with Crippen molar-refractivity contribution in [2.45, 2.75) is 12.6 Å². The summed E-state index contributed by atoms with van der Waals surface area (Å²) in [7, 11) is 3.27. The largest absolute Gasteiger partial charge is 0.375 e. The molecule has 2 N–H and O–H groups in total. The fourth-order valence-electron chi connectivity index (χ4n) is 2.21. The average Bonchev–Trinajstić information content (AvgIpc) is 2.61. The van der Waals surface area contributed by atoms with Gasteiger partial charge in [0.15, 0.2) is 5.96 Å². The van der Waals surface area contributed by atoms with Crippen molar-refractivity contribution in [1.29, 1.82) is 0 Å². The van der Waals surface area contributed by atoms with Crippen LogP contribution in [0.3, 0.4) is 0 Å². The van der Waals surface area contributed by atoms with Gasteiger partial charge < -0.3 is 15.4 Å². The topological polar surface area (TPSA) is 45.7 Å². The minimum absolute atomic E-state index is 0.227. The van der Waals surface area contributed by atoms with Crippen LogP contribution in [0, 0.1) is 11.6 Å². The van der Waals surface area contributed by atoms with Gasteiger partial charge in [0.05, 0.1) is 6.10 Å². The summed E-state index contributed by atoms with van der Waals surface area (Å²) < 4.78 is 31.3. The molecule has 2 aromatic carbocycles. The number of ether oxygens (including phenoxy) is 1. The first-order valence-corrected chi connectivity index (χ1v) is 7.59. The minimum atomic E-state index is -0.279. The zero-order valence-corrected chi connectivity index (χ0v) is 13.7. The molecule has 0 aliphatic carbocycles. The molecule has 1 unspecified atom stereocenters. The highest BCUT2D eigenvalue weighted by atomic mass is 19.1. The van der Waals surface area contributed by atoms with Gasteiger partial charge in [-0.15, -0.1) is 0 Å². The van der Waals surface area contributed by atoms with Crippen LogP contribution in [-0.2, 0) is 11.3 Å². The normalized spacial score (nSPS) is 12.8. The number of hydrogen-bond donors (Lipinski definition) is 2. The number of benzene rings is 2. The highest BCUT2D eigenvalue weighted by molar-refractivity contribution is 5.79. The first-order valence-electron chi connectivity index (χ1n) is 7.59. The molecule has 24 heavy (non-hydrogen) atoms. The molecule has 0 aliphatic rings. The third kappa shape index (κ3) is 5.31. The van der Waals surface area contributed by atoms with Gasteiger partial charge in [0.25, 0.3) is 0 Å². The summed E-state index contributed by atoms with van der Waals surface area (Å²) in [5, 5.41) is 6.31. The van der Waals surface area contributed by atoms with Gasteiger partial charge in [0.2, 0.25) is 0 Å². The van der Waals surface area contributed by atoms with Gasteiger partial charge in [-0.25, -0.2) is 8.78 Å². The van der Waals surface area contributed by atoms with E-state index in [-0.39, 0.29) is 17.7 Å².